The quantitative estimate of drug-likeness (QED) is 0.732. The number of hydrogen-bond acceptors (Lipinski definition) is 4. The molecule has 1 saturated heterocycles. The molecule has 0 radical (unpaired) electrons. The van der Waals surface area contributed by atoms with E-state index in [2.05, 4.69) is 29.4 Å². The van der Waals surface area contributed by atoms with Gasteiger partial charge in [-0.05, 0) is 51.0 Å². The molecule has 0 aromatic heterocycles. The second-order valence-corrected chi connectivity index (χ2v) is 6.61. The zero-order valence-electron chi connectivity index (χ0n) is 15.1. The van der Waals surface area contributed by atoms with Crippen molar-refractivity contribution in [3.8, 4) is 5.75 Å². The van der Waals surface area contributed by atoms with E-state index in [0.29, 0.717) is 30.1 Å². The van der Waals surface area contributed by atoms with Gasteiger partial charge in [-0.3, -0.25) is 9.69 Å². The van der Waals surface area contributed by atoms with Gasteiger partial charge in [0.1, 0.15) is 11.8 Å². The third-order valence-corrected chi connectivity index (χ3v) is 4.77. The monoisotopic (exact) mass is 348 g/mol. The molecule has 0 unspecified atom stereocenters. The molecule has 7 nitrogen and oxygen atoms in total. The van der Waals surface area contributed by atoms with E-state index in [9.17, 15) is 9.59 Å². The molecule has 0 spiro atoms. The maximum Gasteiger partial charge on any atom is 0.319 e. The lowest BCUT2D eigenvalue weighted by Crippen LogP contribution is -2.56. The van der Waals surface area contributed by atoms with E-state index >= 15 is 0 Å². The van der Waals surface area contributed by atoms with Crippen molar-refractivity contribution in [1.82, 2.24) is 10.2 Å². The van der Waals surface area contributed by atoms with Gasteiger partial charge >= 0.3 is 6.03 Å². The minimum atomic E-state index is -0.735. The molecule has 4 N–H and O–H groups in total. The Hall–Kier alpha value is -2.28. The van der Waals surface area contributed by atoms with Crippen molar-refractivity contribution < 1.29 is 14.3 Å². The number of carbonyl (C=O) groups excluding carboxylic acids is 2. The third kappa shape index (κ3) is 5.35. The maximum absolute atomic E-state index is 12.2. The number of carbonyl (C=O) groups is 2. The average molecular weight is 348 g/mol. The molecule has 25 heavy (non-hydrogen) atoms. The third-order valence-electron chi connectivity index (χ3n) is 4.77. The lowest BCUT2D eigenvalue weighted by molar-refractivity contribution is -0.120. The highest BCUT2D eigenvalue weighted by atomic mass is 16.5. The summed E-state index contributed by atoms with van der Waals surface area (Å²) in [6, 6.07) is 6.51. The molecule has 1 aliphatic rings. The van der Waals surface area contributed by atoms with Gasteiger partial charge < -0.3 is 21.1 Å². The Labute approximate surface area is 148 Å². The van der Waals surface area contributed by atoms with Gasteiger partial charge in [0, 0.05) is 24.3 Å². The number of methoxy groups -OCH3 is 1. The van der Waals surface area contributed by atoms with Crippen molar-refractivity contribution in [2.75, 3.05) is 19.0 Å². The van der Waals surface area contributed by atoms with Crippen LogP contribution < -0.4 is 21.1 Å². The minimum Gasteiger partial charge on any atom is -0.497 e. The van der Waals surface area contributed by atoms with E-state index in [4.69, 9.17) is 10.5 Å². The first-order chi connectivity index (χ1) is 11.9. The fourth-order valence-electron chi connectivity index (χ4n) is 3.25. The molecule has 1 aliphatic heterocycles. The van der Waals surface area contributed by atoms with Gasteiger partial charge in [-0.2, -0.15) is 0 Å². The maximum atomic E-state index is 12.2. The summed E-state index contributed by atoms with van der Waals surface area (Å²) in [5.74, 6) is 0.170. The number of anilines is 1. The Morgan fingerprint density at radius 1 is 1.24 bits per heavy atom. The highest BCUT2D eigenvalue weighted by Gasteiger charge is 2.29. The molecule has 2 rings (SSSR count). The summed E-state index contributed by atoms with van der Waals surface area (Å²) < 4.78 is 5.08. The number of nitrogens with zero attached hydrogens (tertiary/aromatic N) is 1. The van der Waals surface area contributed by atoms with Crippen LogP contribution in [0.5, 0.6) is 5.75 Å². The first-order valence-electron chi connectivity index (χ1n) is 8.67. The number of benzene rings is 1. The molecule has 1 heterocycles. The van der Waals surface area contributed by atoms with E-state index in [-0.39, 0.29) is 0 Å². The molecule has 1 aromatic carbocycles. The molecule has 3 amide bonds. The van der Waals surface area contributed by atoms with Crippen molar-refractivity contribution in [3.63, 3.8) is 0 Å². The molecule has 0 bridgehead atoms. The molecular formula is C18H28N4O3. The second-order valence-electron chi connectivity index (χ2n) is 6.61. The van der Waals surface area contributed by atoms with Gasteiger partial charge in [0.05, 0.1) is 7.11 Å². The van der Waals surface area contributed by atoms with Gasteiger partial charge in [0.25, 0.3) is 0 Å². The number of ether oxygens (including phenoxy) is 1. The summed E-state index contributed by atoms with van der Waals surface area (Å²) in [6.07, 6.45) is 3.37. The Balaban J connectivity index is 1.95. The molecule has 1 fully saturated rings. The van der Waals surface area contributed by atoms with Crippen LogP contribution in [0.2, 0.25) is 0 Å². The molecule has 3 atom stereocenters. The van der Waals surface area contributed by atoms with E-state index in [0.717, 1.165) is 12.8 Å². The molecule has 0 aliphatic carbocycles. The SMILES string of the molecule is COc1ccc(NC(=O)N[C@H](CN2[C@H](C)CCC[C@@H]2C)C(N)=O)cc1. The van der Waals surface area contributed by atoms with Crippen LogP contribution in [-0.2, 0) is 4.79 Å². The van der Waals surface area contributed by atoms with E-state index in [1.165, 1.54) is 6.42 Å². The zero-order chi connectivity index (χ0) is 18.4. The van der Waals surface area contributed by atoms with Crippen molar-refractivity contribution in [3.05, 3.63) is 24.3 Å². The van der Waals surface area contributed by atoms with Gasteiger partial charge in [0.15, 0.2) is 0 Å². The lowest BCUT2D eigenvalue weighted by atomic mass is 9.97. The first kappa shape index (κ1) is 19.1. The number of primary amides is 1. The Morgan fingerprint density at radius 2 is 1.84 bits per heavy atom. The molecule has 138 valence electrons. The van der Waals surface area contributed by atoms with E-state index in [1.807, 2.05) is 0 Å². The van der Waals surface area contributed by atoms with E-state index < -0.39 is 18.0 Å². The zero-order valence-corrected chi connectivity index (χ0v) is 15.1. The largest absolute Gasteiger partial charge is 0.497 e. The highest BCUT2D eigenvalue weighted by molar-refractivity contribution is 5.93. The number of likely N-dealkylation sites (tertiary alicyclic amines) is 1. The number of nitrogens with two attached hydrogens (primary N) is 1. The van der Waals surface area contributed by atoms with Crippen LogP contribution >= 0.6 is 0 Å². The Morgan fingerprint density at radius 3 is 2.36 bits per heavy atom. The summed E-state index contributed by atoms with van der Waals surface area (Å²) in [4.78, 5) is 26.2. The van der Waals surface area contributed by atoms with Gasteiger partial charge in [0.2, 0.25) is 5.91 Å². The molecule has 7 heteroatoms. The van der Waals surface area contributed by atoms with E-state index in [1.54, 1.807) is 31.4 Å². The van der Waals surface area contributed by atoms with Gasteiger partial charge in [-0.1, -0.05) is 6.42 Å². The predicted molar refractivity (Wildman–Crippen MR) is 97.6 cm³/mol. The summed E-state index contributed by atoms with van der Waals surface area (Å²) in [7, 11) is 1.58. The van der Waals surface area contributed by atoms with Crippen molar-refractivity contribution >= 4 is 17.6 Å². The fraction of sp³-hybridized carbons (Fsp3) is 0.556. The molecular weight excluding hydrogens is 320 g/mol. The fourth-order valence-corrected chi connectivity index (χ4v) is 3.25. The molecule has 0 saturated carbocycles. The van der Waals surface area contributed by atoms with Crippen LogP contribution in [0.4, 0.5) is 10.5 Å². The van der Waals surface area contributed by atoms with Crippen molar-refractivity contribution in [2.24, 2.45) is 5.73 Å². The van der Waals surface area contributed by atoms with Crippen molar-refractivity contribution in [1.29, 1.82) is 0 Å². The summed E-state index contributed by atoms with van der Waals surface area (Å²) >= 11 is 0. The summed E-state index contributed by atoms with van der Waals surface area (Å²) in [5, 5.41) is 5.39. The summed E-state index contributed by atoms with van der Waals surface area (Å²) in [6.45, 7) is 4.71. The number of hydrogen-bond donors (Lipinski definition) is 3. The van der Waals surface area contributed by atoms with Crippen LogP contribution in [-0.4, -0.2) is 48.6 Å². The second kappa shape index (κ2) is 8.71. The lowest BCUT2D eigenvalue weighted by Gasteiger charge is -2.40. The minimum absolute atomic E-state index is 0.372. The standard InChI is InChI=1S/C18H28N4O3/c1-12-5-4-6-13(2)22(12)11-16(17(19)23)21-18(24)20-14-7-9-15(25-3)10-8-14/h7-10,12-13,16H,4-6,11H2,1-3H3,(H2,19,23)(H2,20,21,24)/t12-,13+,16-/m1/s1. The average Bonchev–Trinajstić information content (AvgIpc) is 2.57. The van der Waals surface area contributed by atoms with Gasteiger partial charge in [-0.25, -0.2) is 4.79 Å². The number of amides is 3. The topological polar surface area (TPSA) is 96.7 Å². The van der Waals surface area contributed by atoms with Crippen LogP contribution in [0.25, 0.3) is 0 Å². The van der Waals surface area contributed by atoms with Crippen molar-refractivity contribution in [2.45, 2.75) is 51.2 Å². The molecule has 1 aromatic rings. The van der Waals surface area contributed by atoms with Crippen LogP contribution in [0.3, 0.4) is 0 Å². The van der Waals surface area contributed by atoms with Gasteiger partial charge in [-0.15, -0.1) is 0 Å². The normalized spacial score (nSPS) is 22.0. The van der Waals surface area contributed by atoms with Crippen LogP contribution in [0.15, 0.2) is 24.3 Å². The van der Waals surface area contributed by atoms with Crippen LogP contribution in [0.1, 0.15) is 33.1 Å². The highest BCUT2D eigenvalue weighted by Crippen LogP contribution is 2.22. The Bertz CT molecular complexity index is 580. The Kier molecular flexibility index (Phi) is 6.64. The number of piperidine rings is 1. The van der Waals surface area contributed by atoms with Crippen LogP contribution in [0, 0.1) is 0 Å². The summed E-state index contributed by atoms with van der Waals surface area (Å²) in [5.41, 5.74) is 6.11. The number of rotatable bonds is 6. The number of nitrogens with one attached hydrogen (secondary N) is 2. The number of urea groups is 1. The first-order valence-corrected chi connectivity index (χ1v) is 8.67. The predicted octanol–water partition coefficient (Wildman–Crippen LogP) is 1.93. The smallest absolute Gasteiger partial charge is 0.319 e.